The summed E-state index contributed by atoms with van der Waals surface area (Å²) in [4.78, 5) is 0. The average molecular weight is 595 g/mol. The molecule has 2 rings (SSSR count). The van der Waals surface area contributed by atoms with Gasteiger partial charge in [0.15, 0.2) is 0 Å². The minimum Gasteiger partial charge on any atom is -0.508 e. The summed E-state index contributed by atoms with van der Waals surface area (Å²) in [6.07, 6.45) is 10.5. The summed E-state index contributed by atoms with van der Waals surface area (Å²) in [6, 6.07) is 14.9. The number of hydrogen-bond donors (Lipinski definition) is 1. The van der Waals surface area contributed by atoms with Crippen LogP contribution >= 0.6 is 47.8 Å². The molecular weight excluding hydrogens is 560 g/mol. The molecule has 1 N–H and O–H groups in total. The molecule has 2 aromatic rings. The molecule has 0 atom stereocenters. The van der Waals surface area contributed by atoms with Crippen LogP contribution in [0.3, 0.4) is 0 Å². The maximum Gasteiger partial charge on any atom is 0.120 e. The molecule has 0 radical (unpaired) electrons. The van der Waals surface area contributed by atoms with Gasteiger partial charge in [-0.15, -0.1) is 0 Å². The Labute approximate surface area is 202 Å². The van der Waals surface area contributed by atoms with Crippen molar-refractivity contribution in [2.45, 2.75) is 65.2 Å². The van der Waals surface area contributed by atoms with Crippen molar-refractivity contribution < 1.29 is 9.84 Å². The molecule has 5 heteroatoms. The number of aromatic hydroxyl groups is 1. The Kier molecular flexibility index (Phi) is 20.4. The SMILES string of the molecule is CCCCCCBr.CCCCCCOc1cccc(Br)c1.Oc1cccc(Br)c1. The number of benzene rings is 2. The zero-order valence-electron chi connectivity index (χ0n) is 17.7. The number of alkyl halides is 1. The van der Waals surface area contributed by atoms with E-state index in [1.165, 1.54) is 50.3 Å². The van der Waals surface area contributed by atoms with Crippen LogP contribution in [0, 0.1) is 0 Å². The fraction of sp³-hybridized carbons (Fsp3) is 0.500. The Morgan fingerprint density at radius 3 is 1.83 bits per heavy atom. The monoisotopic (exact) mass is 592 g/mol. The van der Waals surface area contributed by atoms with E-state index >= 15 is 0 Å². The number of rotatable bonds is 10. The Hall–Kier alpha value is -0.520. The molecule has 2 aromatic carbocycles. The lowest BCUT2D eigenvalue weighted by atomic mass is 10.2. The molecule has 0 unspecified atom stereocenters. The summed E-state index contributed by atoms with van der Waals surface area (Å²) < 4.78 is 7.58. The Bertz CT molecular complexity index is 599. The van der Waals surface area contributed by atoms with E-state index in [1.54, 1.807) is 18.2 Å². The predicted molar refractivity (Wildman–Crippen MR) is 138 cm³/mol. The minimum absolute atomic E-state index is 0.291. The van der Waals surface area contributed by atoms with Crippen molar-refractivity contribution >= 4 is 47.8 Å². The molecule has 0 saturated heterocycles. The maximum absolute atomic E-state index is 8.78. The standard InChI is InChI=1S/C12H17BrO.C6H5BrO.C6H13Br/c1-2-3-4-5-9-14-12-8-6-7-11(13)10-12;7-5-2-1-3-6(8)4-5;1-2-3-4-5-6-7/h6-8,10H,2-5,9H2,1H3;1-4,8H;2-6H2,1H3. The third-order valence-electron chi connectivity index (χ3n) is 3.86. The molecule has 164 valence electrons. The first-order chi connectivity index (χ1) is 14.0. The lowest BCUT2D eigenvalue weighted by Crippen LogP contribution is -1.96. The van der Waals surface area contributed by atoms with Crippen molar-refractivity contribution in [3.05, 3.63) is 57.5 Å². The van der Waals surface area contributed by atoms with E-state index in [2.05, 4.69) is 61.6 Å². The molecule has 0 aliphatic rings. The lowest BCUT2D eigenvalue weighted by molar-refractivity contribution is 0.305. The highest BCUT2D eigenvalue weighted by Gasteiger charge is 1.94. The number of phenolic OH excluding ortho intramolecular Hbond substituents is 1. The Balaban J connectivity index is 0.000000444. The van der Waals surface area contributed by atoms with Gasteiger partial charge in [0.2, 0.25) is 0 Å². The summed E-state index contributed by atoms with van der Waals surface area (Å²) in [5, 5.41) is 9.96. The third kappa shape index (κ3) is 19.2. The van der Waals surface area contributed by atoms with Crippen molar-refractivity contribution in [1.82, 2.24) is 0 Å². The summed E-state index contributed by atoms with van der Waals surface area (Å²) in [5.41, 5.74) is 0. The molecule has 0 heterocycles. The number of halogens is 3. The number of phenols is 1. The van der Waals surface area contributed by atoms with Crippen LogP contribution in [0.4, 0.5) is 0 Å². The van der Waals surface area contributed by atoms with Crippen LogP contribution in [0.5, 0.6) is 11.5 Å². The van der Waals surface area contributed by atoms with Crippen LogP contribution in [-0.2, 0) is 0 Å². The van der Waals surface area contributed by atoms with Gasteiger partial charge in [-0.05, 0) is 49.2 Å². The highest BCUT2D eigenvalue weighted by Crippen LogP contribution is 2.18. The van der Waals surface area contributed by atoms with E-state index < -0.39 is 0 Å². The molecule has 0 amide bonds. The van der Waals surface area contributed by atoms with Crippen molar-refractivity contribution in [3.63, 3.8) is 0 Å². The highest BCUT2D eigenvalue weighted by atomic mass is 79.9. The Morgan fingerprint density at radius 2 is 1.34 bits per heavy atom. The summed E-state index contributed by atoms with van der Waals surface area (Å²) in [6.45, 7) is 5.28. The zero-order chi connectivity index (χ0) is 21.7. The zero-order valence-corrected chi connectivity index (χ0v) is 22.4. The van der Waals surface area contributed by atoms with Crippen molar-refractivity contribution in [1.29, 1.82) is 0 Å². The van der Waals surface area contributed by atoms with Crippen LogP contribution in [0.1, 0.15) is 65.2 Å². The first kappa shape index (κ1) is 28.5. The van der Waals surface area contributed by atoms with Crippen LogP contribution in [0.25, 0.3) is 0 Å². The molecule has 0 saturated carbocycles. The second-order valence-electron chi connectivity index (χ2n) is 6.60. The quantitative estimate of drug-likeness (QED) is 0.219. The van der Waals surface area contributed by atoms with E-state index in [9.17, 15) is 0 Å². The van der Waals surface area contributed by atoms with Crippen molar-refractivity contribution in [3.8, 4) is 11.5 Å². The molecule has 0 bridgehead atoms. The van der Waals surface area contributed by atoms with E-state index in [4.69, 9.17) is 9.84 Å². The van der Waals surface area contributed by atoms with Gasteiger partial charge >= 0.3 is 0 Å². The fourth-order valence-corrected chi connectivity index (χ4v) is 3.43. The smallest absolute Gasteiger partial charge is 0.120 e. The first-order valence-corrected chi connectivity index (χ1v) is 13.1. The van der Waals surface area contributed by atoms with Gasteiger partial charge in [0, 0.05) is 14.3 Å². The summed E-state index contributed by atoms with van der Waals surface area (Å²) >= 11 is 10.00. The molecule has 2 nitrogen and oxygen atoms in total. The average Bonchev–Trinajstić information content (AvgIpc) is 2.69. The van der Waals surface area contributed by atoms with Gasteiger partial charge in [0.05, 0.1) is 6.61 Å². The van der Waals surface area contributed by atoms with Gasteiger partial charge in [-0.1, -0.05) is 112 Å². The highest BCUT2D eigenvalue weighted by molar-refractivity contribution is 9.10. The number of ether oxygens (including phenoxy) is 1. The number of hydrogen-bond acceptors (Lipinski definition) is 2. The van der Waals surface area contributed by atoms with Gasteiger partial charge in [-0.2, -0.15) is 0 Å². The van der Waals surface area contributed by atoms with E-state index in [-0.39, 0.29) is 0 Å². The molecule has 0 aromatic heterocycles. The lowest BCUT2D eigenvalue weighted by Gasteiger charge is -2.05. The first-order valence-electron chi connectivity index (χ1n) is 10.4. The third-order valence-corrected chi connectivity index (χ3v) is 5.41. The van der Waals surface area contributed by atoms with E-state index in [0.29, 0.717) is 5.75 Å². The van der Waals surface area contributed by atoms with Crippen molar-refractivity contribution in [2.75, 3.05) is 11.9 Å². The van der Waals surface area contributed by atoms with Gasteiger partial charge in [-0.3, -0.25) is 0 Å². The molecule has 0 fully saturated rings. The van der Waals surface area contributed by atoms with Gasteiger partial charge < -0.3 is 9.84 Å². The molecule has 0 aliphatic carbocycles. The van der Waals surface area contributed by atoms with Gasteiger partial charge in [0.25, 0.3) is 0 Å². The topological polar surface area (TPSA) is 29.5 Å². The molecule has 0 aliphatic heterocycles. The second-order valence-corrected chi connectivity index (χ2v) is 9.22. The van der Waals surface area contributed by atoms with Crippen LogP contribution < -0.4 is 4.74 Å². The second kappa shape index (κ2) is 20.7. The predicted octanol–water partition coefficient (Wildman–Crippen LogP) is 9.52. The molecule has 0 spiro atoms. The van der Waals surface area contributed by atoms with Crippen LogP contribution in [-0.4, -0.2) is 17.0 Å². The number of unbranched alkanes of at least 4 members (excludes halogenated alkanes) is 6. The molecular formula is C24H35Br3O2. The Morgan fingerprint density at radius 1 is 0.759 bits per heavy atom. The van der Waals surface area contributed by atoms with E-state index in [0.717, 1.165) is 27.7 Å². The summed E-state index contributed by atoms with van der Waals surface area (Å²) in [7, 11) is 0. The summed E-state index contributed by atoms with van der Waals surface area (Å²) in [5.74, 6) is 1.25. The normalized spacial score (nSPS) is 9.69. The van der Waals surface area contributed by atoms with Gasteiger partial charge in [0.1, 0.15) is 11.5 Å². The van der Waals surface area contributed by atoms with Crippen molar-refractivity contribution in [2.24, 2.45) is 0 Å². The maximum atomic E-state index is 8.78. The largest absolute Gasteiger partial charge is 0.508 e. The molecule has 29 heavy (non-hydrogen) atoms. The van der Waals surface area contributed by atoms with Crippen LogP contribution in [0.15, 0.2) is 57.5 Å². The fourth-order valence-electron chi connectivity index (χ4n) is 2.27. The van der Waals surface area contributed by atoms with Gasteiger partial charge in [-0.25, -0.2) is 0 Å². The van der Waals surface area contributed by atoms with E-state index in [1.807, 2.05) is 30.3 Å². The van der Waals surface area contributed by atoms with Crippen LogP contribution in [0.2, 0.25) is 0 Å². The minimum atomic E-state index is 0.291.